The van der Waals surface area contributed by atoms with E-state index in [2.05, 4.69) is 4.72 Å². The molecule has 0 unspecified atom stereocenters. The molecule has 0 atom stereocenters. The highest BCUT2D eigenvalue weighted by Crippen LogP contribution is 2.22. The summed E-state index contributed by atoms with van der Waals surface area (Å²) in [7, 11) is -2.70. The minimum atomic E-state index is -4.13. The molecule has 3 N–H and O–H groups in total. The van der Waals surface area contributed by atoms with Crippen LogP contribution in [0, 0.1) is 11.6 Å². The summed E-state index contributed by atoms with van der Waals surface area (Å²) >= 11 is 0. The molecule has 1 aromatic rings. The van der Waals surface area contributed by atoms with Gasteiger partial charge in [-0.25, -0.2) is 21.9 Å². The number of sulfonamides is 1. The van der Waals surface area contributed by atoms with E-state index >= 15 is 0 Å². The van der Waals surface area contributed by atoms with Gasteiger partial charge in [0.1, 0.15) is 16.4 Å². The van der Waals surface area contributed by atoms with Gasteiger partial charge >= 0.3 is 0 Å². The lowest BCUT2D eigenvalue weighted by atomic mass is 10.1. The maximum absolute atomic E-state index is 13.6. The number of nitrogens with one attached hydrogen (secondary N) is 1. The molecule has 108 valence electrons. The molecule has 8 heteroatoms. The van der Waals surface area contributed by atoms with E-state index in [0.29, 0.717) is 0 Å². The van der Waals surface area contributed by atoms with Gasteiger partial charge in [-0.3, -0.25) is 0 Å². The summed E-state index contributed by atoms with van der Waals surface area (Å²) in [4.78, 5) is -0.696. The predicted molar refractivity (Wildman–Crippen MR) is 67.0 cm³/mol. The highest BCUT2D eigenvalue weighted by atomic mass is 32.2. The van der Waals surface area contributed by atoms with Crippen molar-refractivity contribution in [2.75, 3.05) is 19.4 Å². The zero-order chi connectivity index (χ0) is 14.8. The van der Waals surface area contributed by atoms with Crippen molar-refractivity contribution in [3.05, 3.63) is 23.8 Å². The van der Waals surface area contributed by atoms with Crippen molar-refractivity contribution in [3.63, 3.8) is 0 Å². The van der Waals surface area contributed by atoms with Gasteiger partial charge < -0.3 is 10.5 Å². The Morgan fingerprint density at radius 3 is 2.47 bits per heavy atom. The van der Waals surface area contributed by atoms with Crippen molar-refractivity contribution in [2.24, 2.45) is 0 Å². The number of anilines is 1. The Morgan fingerprint density at radius 2 is 1.95 bits per heavy atom. The minimum absolute atomic E-state index is 0.0669. The molecule has 0 radical (unpaired) electrons. The van der Waals surface area contributed by atoms with E-state index in [-0.39, 0.29) is 6.54 Å². The Labute approximate surface area is 110 Å². The van der Waals surface area contributed by atoms with Crippen LogP contribution >= 0.6 is 0 Å². The molecule has 0 heterocycles. The number of rotatable bonds is 5. The Hall–Kier alpha value is -1.25. The topological polar surface area (TPSA) is 81.4 Å². The quantitative estimate of drug-likeness (QED) is 0.801. The summed E-state index contributed by atoms with van der Waals surface area (Å²) in [5.41, 5.74) is 3.54. The van der Waals surface area contributed by atoms with E-state index in [1.807, 2.05) is 0 Å². The third-order valence-electron chi connectivity index (χ3n) is 2.62. The minimum Gasteiger partial charge on any atom is -0.394 e. The molecule has 5 nitrogen and oxygen atoms in total. The fourth-order valence-electron chi connectivity index (χ4n) is 1.18. The number of hydrogen-bond donors (Lipinski definition) is 2. The molecule has 0 aliphatic rings. The fraction of sp³-hybridized carbons (Fsp3) is 0.455. The van der Waals surface area contributed by atoms with Crippen LogP contribution in [0.2, 0.25) is 0 Å². The van der Waals surface area contributed by atoms with Crippen LogP contribution in [0.15, 0.2) is 17.0 Å². The first-order valence-electron chi connectivity index (χ1n) is 5.39. The van der Waals surface area contributed by atoms with Crippen LogP contribution in [0.1, 0.15) is 13.8 Å². The molecule has 0 saturated carbocycles. The third-order valence-corrected chi connectivity index (χ3v) is 4.04. The average molecular weight is 294 g/mol. The van der Waals surface area contributed by atoms with Crippen LogP contribution in [-0.4, -0.2) is 27.7 Å². The second-order valence-corrected chi connectivity index (χ2v) is 6.30. The molecule has 0 bridgehead atoms. The Morgan fingerprint density at radius 1 is 1.37 bits per heavy atom. The van der Waals surface area contributed by atoms with Crippen LogP contribution in [0.25, 0.3) is 0 Å². The molecular weight excluding hydrogens is 278 g/mol. The number of nitrogens with two attached hydrogens (primary N) is 1. The molecule has 0 aliphatic carbocycles. The molecule has 0 amide bonds. The van der Waals surface area contributed by atoms with Gasteiger partial charge in [-0.1, -0.05) is 0 Å². The van der Waals surface area contributed by atoms with Crippen molar-refractivity contribution in [1.82, 2.24) is 4.72 Å². The summed E-state index contributed by atoms with van der Waals surface area (Å²) in [5.74, 6) is -2.31. The monoisotopic (exact) mass is 294 g/mol. The van der Waals surface area contributed by atoms with Crippen LogP contribution in [-0.2, 0) is 14.8 Å². The summed E-state index contributed by atoms with van der Waals surface area (Å²) in [6, 6.07) is 1.62. The lowest BCUT2D eigenvalue weighted by molar-refractivity contribution is 0.0276. The van der Waals surface area contributed by atoms with Gasteiger partial charge in [0.2, 0.25) is 10.0 Å². The first kappa shape index (κ1) is 15.8. The number of hydrogen-bond acceptors (Lipinski definition) is 4. The van der Waals surface area contributed by atoms with Crippen molar-refractivity contribution in [3.8, 4) is 0 Å². The second-order valence-electron chi connectivity index (χ2n) is 4.56. The number of nitrogen functional groups attached to an aromatic ring is 1. The van der Waals surface area contributed by atoms with Gasteiger partial charge in [0.05, 0.1) is 5.60 Å². The van der Waals surface area contributed by atoms with E-state index in [1.165, 1.54) is 7.11 Å². The third kappa shape index (κ3) is 3.62. The fourth-order valence-corrected chi connectivity index (χ4v) is 2.46. The van der Waals surface area contributed by atoms with Crippen LogP contribution < -0.4 is 10.5 Å². The maximum atomic E-state index is 13.6. The lowest BCUT2D eigenvalue weighted by Crippen LogP contribution is -2.40. The van der Waals surface area contributed by atoms with Crippen LogP contribution in [0.4, 0.5) is 14.5 Å². The Bertz CT molecular complexity index is 574. The van der Waals surface area contributed by atoms with Gasteiger partial charge in [0.25, 0.3) is 0 Å². The number of halogens is 2. The molecule has 0 saturated heterocycles. The Kier molecular flexibility index (Phi) is 4.49. The van der Waals surface area contributed by atoms with Gasteiger partial charge in [-0.2, -0.15) is 0 Å². The number of methoxy groups -OCH3 is 1. The first-order chi connectivity index (χ1) is 8.60. The van der Waals surface area contributed by atoms with Crippen molar-refractivity contribution < 1.29 is 21.9 Å². The molecule has 0 fully saturated rings. The summed E-state index contributed by atoms with van der Waals surface area (Å²) in [6.07, 6.45) is 0. The molecule has 0 aromatic heterocycles. The van der Waals surface area contributed by atoms with Crippen molar-refractivity contribution in [2.45, 2.75) is 24.3 Å². The standard InChI is InChI=1S/C11H16F2N2O3S/c1-11(2,18-3)6-15-19(16,17)8-5-4-7(12)10(14)9(8)13/h4-5,15H,6,14H2,1-3H3. The number of ether oxygens (including phenoxy) is 1. The molecule has 0 spiro atoms. The largest absolute Gasteiger partial charge is 0.394 e. The smallest absolute Gasteiger partial charge is 0.243 e. The van der Waals surface area contributed by atoms with E-state index in [9.17, 15) is 17.2 Å². The lowest BCUT2D eigenvalue weighted by Gasteiger charge is -2.23. The molecule has 0 aliphatic heterocycles. The summed E-state index contributed by atoms with van der Waals surface area (Å²) in [6.45, 7) is 3.25. The predicted octanol–water partition coefficient (Wildman–Crippen LogP) is 1.25. The Balaban J connectivity index is 3.06. The normalized spacial score (nSPS) is 12.7. The summed E-state index contributed by atoms with van der Waals surface area (Å²) < 4.78 is 57.6. The van der Waals surface area contributed by atoms with Gasteiger partial charge in [-0.05, 0) is 26.0 Å². The highest BCUT2D eigenvalue weighted by Gasteiger charge is 2.25. The maximum Gasteiger partial charge on any atom is 0.243 e. The first-order valence-corrected chi connectivity index (χ1v) is 6.87. The van der Waals surface area contributed by atoms with Crippen LogP contribution in [0.5, 0.6) is 0 Å². The molecule has 1 rings (SSSR count). The van der Waals surface area contributed by atoms with E-state index in [1.54, 1.807) is 13.8 Å². The summed E-state index contributed by atoms with van der Waals surface area (Å²) in [5, 5.41) is 0. The zero-order valence-electron chi connectivity index (χ0n) is 10.8. The highest BCUT2D eigenvalue weighted by molar-refractivity contribution is 7.89. The zero-order valence-corrected chi connectivity index (χ0v) is 11.6. The second kappa shape index (κ2) is 5.40. The van der Waals surface area contributed by atoms with E-state index in [4.69, 9.17) is 10.5 Å². The molecule has 19 heavy (non-hydrogen) atoms. The number of benzene rings is 1. The van der Waals surface area contributed by atoms with Crippen molar-refractivity contribution >= 4 is 15.7 Å². The average Bonchev–Trinajstić information content (AvgIpc) is 2.34. The van der Waals surface area contributed by atoms with E-state index < -0.39 is 37.8 Å². The van der Waals surface area contributed by atoms with Gasteiger partial charge in [-0.15, -0.1) is 0 Å². The molecular formula is C11H16F2N2O3S. The van der Waals surface area contributed by atoms with Crippen LogP contribution in [0.3, 0.4) is 0 Å². The van der Waals surface area contributed by atoms with Gasteiger partial charge in [0.15, 0.2) is 5.82 Å². The van der Waals surface area contributed by atoms with Crippen molar-refractivity contribution in [1.29, 1.82) is 0 Å². The SMILES string of the molecule is COC(C)(C)CNS(=O)(=O)c1ccc(F)c(N)c1F. The van der Waals surface area contributed by atoms with E-state index in [0.717, 1.165) is 12.1 Å². The molecule has 1 aromatic carbocycles. The van der Waals surface area contributed by atoms with Gasteiger partial charge in [0, 0.05) is 13.7 Å².